The van der Waals surface area contributed by atoms with Crippen molar-refractivity contribution in [3.63, 3.8) is 0 Å². The number of ether oxygens (including phenoxy) is 1. The molecule has 0 aliphatic heterocycles. The molecule has 0 aliphatic rings. The van der Waals surface area contributed by atoms with Gasteiger partial charge in [0.2, 0.25) is 5.82 Å². The van der Waals surface area contributed by atoms with Gasteiger partial charge in [-0.25, -0.2) is 4.39 Å². The number of fused-ring (bicyclic) bond motifs is 1. The summed E-state index contributed by atoms with van der Waals surface area (Å²) in [6.45, 7) is 0. The van der Waals surface area contributed by atoms with Gasteiger partial charge in [-0.15, -0.1) is 0 Å². The molecule has 0 radical (unpaired) electrons. The van der Waals surface area contributed by atoms with Gasteiger partial charge in [-0.05, 0) is 23.6 Å². The summed E-state index contributed by atoms with van der Waals surface area (Å²) in [6, 6.07) is 17.0. The molecule has 0 bridgehead atoms. The lowest BCUT2D eigenvalue weighted by Gasteiger charge is -2.09. The Morgan fingerprint density at radius 3 is 2.26 bits per heavy atom. The highest BCUT2D eigenvalue weighted by atomic mass is 19.2. The van der Waals surface area contributed by atoms with Gasteiger partial charge in [-0.3, -0.25) is 0 Å². The Kier molecular flexibility index (Phi) is 2.88. The van der Waals surface area contributed by atoms with Crippen molar-refractivity contribution in [3.05, 3.63) is 72.3 Å². The maximum atomic E-state index is 13.6. The summed E-state index contributed by atoms with van der Waals surface area (Å²) in [7, 11) is 0. The lowest BCUT2D eigenvalue weighted by Crippen LogP contribution is -1.92. The second kappa shape index (κ2) is 4.69. The highest BCUT2D eigenvalue weighted by Gasteiger charge is 2.10. The standard InChI is InChI=1S/C16H10F2O/c17-13-8-4-10-15(16(13)18)19-14-9-3-6-11-5-1-2-7-12(11)14/h1-10H. The van der Waals surface area contributed by atoms with E-state index in [1.54, 1.807) is 6.07 Å². The van der Waals surface area contributed by atoms with Gasteiger partial charge in [0.1, 0.15) is 5.75 Å². The van der Waals surface area contributed by atoms with Crippen molar-refractivity contribution in [1.29, 1.82) is 0 Å². The van der Waals surface area contributed by atoms with Gasteiger partial charge in [0, 0.05) is 5.39 Å². The zero-order chi connectivity index (χ0) is 13.2. The highest BCUT2D eigenvalue weighted by molar-refractivity contribution is 5.88. The maximum absolute atomic E-state index is 13.6. The van der Waals surface area contributed by atoms with Crippen molar-refractivity contribution >= 4 is 10.8 Å². The van der Waals surface area contributed by atoms with E-state index in [2.05, 4.69) is 0 Å². The molecule has 0 amide bonds. The Morgan fingerprint density at radius 2 is 1.37 bits per heavy atom. The first-order valence-corrected chi connectivity index (χ1v) is 5.85. The smallest absolute Gasteiger partial charge is 0.201 e. The molecule has 0 heterocycles. The second-order valence-electron chi connectivity index (χ2n) is 4.13. The summed E-state index contributed by atoms with van der Waals surface area (Å²) in [6.07, 6.45) is 0. The quantitative estimate of drug-likeness (QED) is 0.633. The van der Waals surface area contributed by atoms with E-state index in [1.165, 1.54) is 12.1 Å². The molecule has 3 rings (SSSR count). The van der Waals surface area contributed by atoms with E-state index in [-0.39, 0.29) is 5.75 Å². The van der Waals surface area contributed by atoms with Crippen LogP contribution in [-0.4, -0.2) is 0 Å². The van der Waals surface area contributed by atoms with Gasteiger partial charge in [0.05, 0.1) is 0 Å². The Hall–Kier alpha value is -2.42. The van der Waals surface area contributed by atoms with Gasteiger partial charge in [-0.1, -0.05) is 42.5 Å². The first-order valence-electron chi connectivity index (χ1n) is 5.85. The predicted octanol–water partition coefficient (Wildman–Crippen LogP) is 4.91. The molecule has 3 aromatic rings. The molecule has 0 atom stereocenters. The van der Waals surface area contributed by atoms with Crippen LogP contribution in [0.15, 0.2) is 60.7 Å². The first-order chi connectivity index (χ1) is 9.25. The molecule has 0 aromatic heterocycles. The van der Waals surface area contributed by atoms with E-state index in [1.807, 2.05) is 36.4 Å². The number of rotatable bonds is 2. The topological polar surface area (TPSA) is 9.23 Å². The average molecular weight is 256 g/mol. The molecule has 0 saturated heterocycles. The van der Waals surface area contributed by atoms with Crippen LogP contribution in [0.1, 0.15) is 0 Å². The lowest BCUT2D eigenvalue weighted by molar-refractivity contribution is 0.419. The fourth-order valence-electron chi connectivity index (χ4n) is 1.97. The minimum absolute atomic E-state index is 0.114. The van der Waals surface area contributed by atoms with Crippen LogP contribution in [-0.2, 0) is 0 Å². The Balaban J connectivity index is 2.09. The molecule has 0 fully saturated rings. The van der Waals surface area contributed by atoms with Gasteiger partial charge < -0.3 is 4.74 Å². The molecule has 94 valence electrons. The molecular formula is C16H10F2O. The summed E-state index contributed by atoms with van der Waals surface area (Å²) < 4.78 is 32.2. The molecule has 19 heavy (non-hydrogen) atoms. The Labute approximate surface area is 109 Å². The third-order valence-electron chi connectivity index (χ3n) is 2.89. The zero-order valence-corrected chi connectivity index (χ0v) is 9.94. The average Bonchev–Trinajstić information content (AvgIpc) is 2.44. The van der Waals surface area contributed by atoms with E-state index in [0.717, 1.165) is 16.8 Å². The summed E-state index contributed by atoms with van der Waals surface area (Å²) >= 11 is 0. The molecular weight excluding hydrogens is 246 g/mol. The molecule has 3 aromatic carbocycles. The molecule has 0 unspecified atom stereocenters. The maximum Gasteiger partial charge on any atom is 0.201 e. The van der Waals surface area contributed by atoms with Crippen LogP contribution in [0.4, 0.5) is 8.78 Å². The van der Waals surface area contributed by atoms with Crippen molar-refractivity contribution < 1.29 is 13.5 Å². The molecule has 0 aliphatic carbocycles. The number of hydrogen-bond donors (Lipinski definition) is 0. The lowest BCUT2D eigenvalue weighted by atomic mass is 10.1. The van der Waals surface area contributed by atoms with Gasteiger partial charge in [0.25, 0.3) is 0 Å². The normalized spacial score (nSPS) is 10.6. The number of hydrogen-bond acceptors (Lipinski definition) is 1. The first kappa shape index (κ1) is 11.7. The molecule has 0 N–H and O–H groups in total. The van der Waals surface area contributed by atoms with Crippen LogP contribution in [0.3, 0.4) is 0 Å². The van der Waals surface area contributed by atoms with Crippen LogP contribution < -0.4 is 4.74 Å². The van der Waals surface area contributed by atoms with Gasteiger partial charge >= 0.3 is 0 Å². The van der Waals surface area contributed by atoms with Crippen LogP contribution >= 0.6 is 0 Å². The molecule has 0 spiro atoms. The van der Waals surface area contributed by atoms with Crippen molar-refractivity contribution in [2.75, 3.05) is 0 Å². The Morgan fingerprint density at radius 1 is 0.684 bits per heavy atom. The third-order valence-corrected chi connectivity index (χ3v) is 2.89. The van der Waals surface area contributed by atoms with E-state index in [0.29, 0.717) is 5.75 Å². The van der Waals surface area contributed by atoms with Crippen molar-refractivity contribution in [2.24, 2.45) is 0 Å². The van der Waals surface area contributed by atoms with Crippen molar-refractivity contribution in [3.8, 4) is 11.5 Å². The largest absolute Gasteiger partial charge is 0.454 e. The van der Waals surface area contributed by atoms with Crippen molar-refractivity contribution in [1.82, 2.24) is 0 Å². The Bertz CT molecular complexity index is 732. The van der Waals surface area contributed by atoms with Crippen LogP contribution in [0.25, 0.3) is 10.8 Å². The number of halogens is 2. The summed E-state index contributed by atoms with van der Waals surface area (Å²) in [5.74, 6) is -1.51. The van der Waals surface area contributed by atoms with Gasteiger partial charge in [0.15, 0.2) is 11.6 Å². The highest BCUT2D eigenvalue weighted by Crippen LogP contribution is 2.31. The summed E-state index contributed by atoms with van der Waals surface area (Å²) in [4.78, 5) is 0. The third kappa shape index (κ3) is 2.15. The SMILES string of the molecule is Fc1cccc(Oc2cccc3ccccc23)c1F. The summed E-state index contributed by atoms with van der Waals surface area (Å²) in [5, 5.41) is 1.84. The number of benzene rings is 3. The minimum atomic E-state index is -0.976. The van der Waals surface area contributed by atoms with Crippen LogP contribution in [0, 0.1) is 11.6 Å². The van der Waals surface area contributed by atoms with Gasteiger partial charge in [-0.2, -0.15) is 4.39 Å². The van der Waals surface area contributed by atoms with Crippen LogP contribution in [0.2, 0.25) is 0 Å². The summed E-state index contributed by atoms with van der Waals surface area (Å²) in [5.41, 5.74) is 0. The monoisotopic (exact) mass is 256 g/mol. The van der Waals surface area contributed by atoms with Crippen LogP contribution in [0.5, 0.6) is 11.5 Å². The fraction of sp³-hybridized carbons (Fsp3) is 0. The van der Waals surface area contributed by atoms with E-state index in [4.69, 9.17) is 4.74 Å². The van der Waals surface area contributed by atoms with E-state index < -0.39 is 11.6 Å². The van der Waals surface area contributed by atoms with E-state index >= 15 is 0 Å². The fourth-order valence-corrected chi connectivity index (χ4v) is 1.97. The van der Waals surface area contributed by atoms with Crippen molar-refractivity contribution in [2.45, 2.75) is 0 Å². The molecule has 3 heteroatoms. The van der Waals surface area contributed by atoms with E-state index in [9.17, 15) is 8.78 Å². The molecule has 0 saturated carbocycles. The minimum Gasteiger partial charge on any atom is -0.454 e. The zero-order valence-electron chi connectivity index (χ0n) is 9.94. The second-order valence-corrected chi connectivity index (χ2v) is 4.13. The predicted molar refractivity (Wildman–Crippen MR) is 70.4 cm³/mol. The molecule has 1 nitrogen and oxygen atoms in total.